The van der Waals surface area contributed by atoms with Crippen LogP contribution in [-0.2, 0) is 14.3 Å². The van der Waals surface area contributed by atoms with Gasteiger partial charge in [0.1, 0.15) is 0 Å². The number of rotatable bonds is 20. The van der Waals surface area contributed by atoms with E-state index < -0.39 is 10.1 Å². The van der Waals surface area contributed by atoms with Crippen molar-refractivity contribution in [3.05, 3.63) is 12.2 Å². The van der Waals surface area contributed by atoms with Crippen molar-refractivity contribution in [2.75, 3.05) is 26.0 Å². The monoisotopic (exact) mass is 413 g/mol. The van der Waals surface area contributed by atoms with Gasteiger partial charge >= 0.3 is 29.6 Å². The zero-order valence-corrected chi connectivity index (χ0v) is 18.1. The SMILES string of the molecule is CCCCCCCC/C=C\CCCCCCCCOS(=O)(=O)CCNC.[NaH]. The number of unbranched alkanes of at least 4 members (excludes halogenated alkanes) is 12. The third-order valence-corrected chi connectivity index (χ3v) is 5.75. The predicted octanol–water partition coefficient (Wildman–Crippen LogP) is 4.94. The molecule has 27 heavy (non-hydrogen) atoms. The molecule has 0 atom stereocenters. The Morgan fingerprint density at radius 1 is 0.778 bits per heavy atom. The Labute approximate surface area is 191 Å². The molecular weight excluding hydrogens is 369 g/mol. The summed E-state index contributed by atoms with van der Waals surface area (Å²) >= 11 is 0. The molecule has 0 radical (unpaired) electrons. The van der Waals surface area contributed by atoms with E-state index in [9.17, 15) is 8.42 Å². The first-order valence-electron chi connectivity index (χ1n) is 10.8. The van der Waals surface area contributed by atoms with Gasteiger partial charge in [-0.15, -0.1) is 0 Å². The molecule has 0 saturated carbocycles. The van der Waals surface area contributed by atoms with Crippen LogP contribution in [0.1, 0.15) is 96.8 Å². The molecule has 0 bridgehead atoms. The number of hydrogen-bond donors (Lipinski definition) is 1. The Hall–Kier alpha value is 0.610. The van der Waals surface area contributed by atoms with Crippen LogP contribution in [0.3, 0.4) is 0 Å². The topological polar surface area (TPSA) is 55.4 Å². The zero-order valence-electron chi connectivity index (χ0n) is 17.3. The van der Waals surface area contributed by atoms with Crippen LogP contribution >= 0.6 is 0 Å². The Balaban J connectivity index is 0. The van der Waals surface area contributed by atoms with E-state index in [1.807, 2.05) is 0 Å². The molecule has 0 aliphatic rings. The number of nitrogens with one attached hydrogen (secondary N) is 1. The molecule has 1 N–H and O–H groups in total. The summed E-state index contributed by atoms with van der Waals surface area (Å²) in [6, 6.07) is 0. The minimum atomic E-state index is -3.33. The fraction of sp³-hybridized carbons (Fsp3) is 0.905. The van der Waals surface area contributed by atoms with Crippen molar-refractivity contribution >= 4 is 39.7 Å². The summed E-state index contributed by atoms with van der Waals surface area (Å²) in [6.07, 6.45) is 22.2. The number of allylic oxidation sites excluding steroid dienone is 2. The van der Waals surface area contributed by atoms with E-state index in [-0.39, 0.29) is 35.3 Å². The predicted molar refractivity (Wildman–Crippen MR) is 120 cm³/mol. The molecule has 0 aliphatic heterocycles. The van der Waals surface area contributed by atoms with Gasteiger partial charge in [-0.05, 0) is 39.2 Å². The summed E-state index contributed by atoms with van der Waals surface area (Å²) in [5.74, 6) is 0.0515. The first kappa shape index (κ1) is 29.8. The van der Waals surface area contributed by atoms with Gasteiger partial charge in [0.05, 0.1) is 12.4 Å². The van der Waals surface area contributed by atoms with Crippen molar-refractivity contribution in [3.63, 3.8) is 0 Å². The van der Waals surface area contributed by atoms with Crippen LogP contribution in [0.4, 0.5) is 0 Å². The van der Waals surface area contributed by atoms with Crippen LogP contribution in [0, 0.1) is 0 Å². The molecule has 0 rings (SSSR count). The maximum absolute atomic E-state index is 11.5. The molecule has 0 aliphatic carbocycles. The standard InChI is InChI=1S/C21H43NO3S.Na.H/c1-3-4-5-6-7-8-9-10-11-12-13-14-15-16-17-18-20-25-26(23,24)21-19-22-2;;/h10-11,22H,3-9,12-21H2,1-2H3;;/b11-10-;;. The van der Waals surface area contributed by atoms with E-state index in [1.54, 1.807) is 7.05 Å². The fourth-order valence-electron chi connectivity index (χ4n) is 2.82. The van der Waals surface area contributed by atoms with E-state index in [0.29, 0.717) is 13.2 Å². The Morgan fingerprint density at radius 3 is 1.78 bits per heavy atom. The third-order valence-electron chi connectivity index (χ3n) is 4.52. The fourth-order valence-corrected chi connectivity index (χ4v) is 3.77. The van der Waals surface area contributed by atoms with E-state index >= 15 is 0 Å². The van der Waals surface area contributed by atoms with Crippen molar-refractivity contribution in [3.8, 4) is 0 Å². The van der Waals surface area contributed by atoms with Gasteiger partial charge in [-0.1, -0.05) is 76.9 Å². The average Bonchev–Trinajstić information content (AvgIpc) is 2.62. The minimum absolute atomic E-state index is 0. The van der Waals surface area contributed by atoms with Crippen LogP contribution in [0.5, 0.6) is 0 Å². The summed E-state index contributed by atoms with van der Waals surface area (Å²) in [7, 11) is -1.60. The van der Waals surface area contributed by atoms with Gasteiger partial charge in [-0.3, -0.25) is 4.18 Å². The molecule has 158 valence electrons. The Bertz CT molecular complexity index is 414. The van der Waals surface area contributed by atoms with Crippen molar-refractivity contribution in [2.24, 2.45) is 0 Å². The van der Waals surface area contributed by atoms with E-state index in [1.165, 1.54) is 77.0 Å². The van der Waals surface area contributed by atoms with Crippen molar-refractivity contribution < 1.29 is 12.6 Å². The summed E-state index contributed by atoms with van der Waals surface area (Å²) < 4.78 is 27.9. The average molecular weight is 414 g/mol. The molecule has 0 spiro atoms. The molecule has 0 unspecified atom stereocenters. The molecule has 4 nitrogen and oxygen atoms in total. The van der Waals surface area contributed by atoms with Gasteiger partial charge in [0, 0.05) is 6.54 Å². The van der Waals surface area contributed by atoms with Crippen LogP contribution in [0.25, 0.3) is 0 Å². The van der Waals surface area contributed by atoms with Gasteiger partial charge < -0.3 is 5.32 Å². The molecular formula is C21H44NNaO3S. The van der Waals surface area contributed by atoms with Crippen LogP contribution in [-0.4, -0.2) is 63.9 Å². The molecule has 6 heteroatoms. The second-order valence-electron chi connectivity index (χ2n) is 7.13. The summed E-state index contributed by atoms with van der Waals surface area (Å²) in [6.45, 7) is 3.03. The van der Waals surface area contributed by atoms with Crippen LogP contribution in [0.15, 0.2) is 12.2 Å². The molecule has 0 fully saturated rings. The van der Waals surface area contributed by atoms with Crippen molar-refractivity contribution in [1.82, 2.24) is 5.32 Å². The van der Waals surface area contributed by atoms with Gasteiger partial charge in [-0.2, -0.15) is 8.42 Å². The van der Waals surface area contributed by atoms with Gasteiger partial charge in [0.2, 0.25) is 0 Å². The van der Waals surface area contributed by atoms with E-state index in [0.717, 1.165) is 12.8 Å². The maximum atomic E-state index is 11.5. The molecule has 0 amide bonds. The molecule has 0 aromatic carbocycles. The zero-order chi connectivity index (χ0) is 19.3. The second kappa shape index (κ2) is 22.9. The van der Waals surface area contributed by atoms with Gasteiger partial charge in [0.15, 0.2) is 0 Å². The first-order chi connectivity index (χ1) is 12.6. The molecule has 0 aromatic heterocycles. The van der Waals surface area contributed by atoms with E-state index in [4.69, 9.17) is 4.18 Å². The quantitative estimate of drug-likeness (QED) is 0.133. The molecule has 0 heterocycles. The molecule has 0 saturated heterocycles. The van der Waals surface area contributed by atoms with E-state index in [2.05, 4.69) is 24.4 Å². The first-order valence-corrected chi connectivity index (χ1v) is 12.4. The normalized spacial score (nSPS) is 11.8. The van der Waals surface area contributed by atoms with Crippen LogP contribution in [0.2, 0.25) is 0 Å². The van der Waals surface area contributed by atoms with Crippen molar-refractivity contribution in [1.29, 1.82) is 0 Å². The summed E-state index contributed by atoms with van der Waals surface area (Å²) in [5, 5.41) is 2.82. The van der Waals surface area contributed by atoms with Gasteiger partial charge in [-0.25, -0.2) is 0 Å². The van der Waals surface area contributed by atoms with Crippen molar-refractivity contribution in [2.45, 2.75) is 96.8 Å². The molecule has 0 aromatic rings. The van der Waals surface area contributed by atoms with Crippen LogP contribution < -0.4 is 5.32 Å². The summed E-state index contributed by atoms with van der Waals surface area (Å²) in [5.41, 5.74) is 0. The second-order valence-corrected chi connectivity index (χ2v) is 8.88. The third kappa shape index (κ3) is 24.6. The van der Waals surface area contributed by atoms with Gasteiger partial charge in [0.25, 0.3) is 10.1 Å². The Kier molecular flexibility index (Phi) is 25.3. The summed E-state index contributed by atoms with van der Waals surface area (Å²) in [4.78, 5) is 0. The number of hydrogen-bond acceptors (Lipinski definition) is 4. The Morgan fingerprint density at radius 2 is 1.26 bits per heavy atom.